The Kier molecular flexibility index (Phi) is 3.39. The van der Waals surface area contributed by atoms with Gasteiger partial charge < -0.3 is 0 Å². The molecule has 110 valence electrons. The first-order valence-electron chi connectivity index (χ1n) is 5.78. The van der Waals surface area contributed by atoms with Crippen LogP contribution in [-0.4, -0.2) is 17.8 Å². The van der Waals surface area contributed by atoms with Gasteiger partial charge in [0.25, 0.3) is 10.0 Å². The number of aromatic nitrogens is 2. The number of benzene rings is 1. The van der Waals surface area contributed by atoms with Crippen LogP contribution in [0.1, 0.15) is 5.56 Å². The molecule has 2 heterocycles. The van der Waals surface area contributed by atoms with Crippen molar-refractivity contribution in [1.82, 2.24) is 9.38 Å². The summed E-state index contributed by atoms with van der Waals surface area (Å²) in [6.07, 6.45) is 1.54. The van der Waals surface area contributed by atoms with E-state index in [1.54, 1.807) is 24.6 Å². The zero-order chi connectivity index (χ0) is 15.2. The molecule has 0 unspecified atom stereocenters. The number of sulfonamides is 1. The molecule has 21 heavy (non-hydrogen) atoms. The fraction of sp³-hybridized carbons (Fsp3) is 0.0833. The molecule has 3 rings (SSSR count). The second-order valence-corrected chi connectivity index (χ2v) is 7.18. The lowest BCUT2D eigenvalue weighted by Gasteiger charge is -2.09. The number of fused-ring (bicyclic) bond motifs is 1. The molecule has 0 saturated carbocycles. The van der Waals surface area contributed by atoms with E-state index < -0.39 is 15.8 Å². The summed E-state index contributed by atoms with van der Waals surface area (Å²) in [4.78, 5) is 4.40. The number of halogens is 2. The molecule has 0 aliphatic heterocycles. The van der Waals surface area contributed by atoms with Gasteiger partial charge in [-0.2, -0.15) is 8.42 Å². The van der Waals surface area contributed by atoms with Crippen LogP contribution < -0.4 is 4.72 Å². The highest BCUT2D eigenvalue weighted by Crippen LogP contribution is 2.28. The van der Waals surface area contributed by atoms with Crippen LogP contribution in [0.2, 0.25) is 5.15 Å². The Morgan fingerprint density at radius 1 is 1.43 bits per heavy atom. The van der Waals surface area contributed by atoms with Crippen LogP contribution >= 0.6 is 22.9 Å². The van der Waals surface area contributed by atoms with E-state index in [-0.39, 0.29) is 15.9 Å². The molecule has 3 aromatic rings. The fourth-order valence-electron chi connectivity index (χ4n) is 1.89. The lowest BCUT2D eigenvalue weighted by atomic mass is 10.2. The molecule has 0 bridgehead atoms. The van der Waals surface area contributed by atoms with Gasteiger partial charge in [-0.25, -0.2) is 9.37 Å². The quantitative estimate of drug-likeness (QED) is 0.792. The van der Waals surface area contributed by atoms with Gasteiger partial charge in [0, 0.05) is 11.6 Å². The highest BCUT2D eigenvalue weighted by molar-refractivity contribution is 7.92. The predicted molar refractivity (Wildman–Crippen MR) is 80.0 cm³/mol. The number of aryl methyl sites for hydroxylation is 1. The lowest BCUT2D eigenvalue weighted by Crippen LogP contribution is -2.16. The van der Waals surface area contributed by atoms with Gasteiger partial charge in [-0.15, -0.1) is 11.3 Å². The highest BCUT2D eigenvalue weighted by Gasteiger charge is 2.26. The van der Waals surface area contributed by atoms with E-state index in [1.165, 1.54) is 27.9 Å². The first-order chi connectivity index (χ1) is 9.88. The molecule has 0 spiro atoms. The third-order valence-electron chi connectivity index (χ3n) is 2.80. The van der Waals surface area contributed by atoms with Crippen molar-refractivity contribution in [2.45, 2.75) is 11.9 Å². The first-order valence-corrected chi connectivity index (χ1v) is 8.52. The molecule has 0 aliphatic rings. The molecular weight excluding hydrogens is 337 g/mol. The van der Waals surface area contributed by atoms with Gasteiger partial charge in [-0.05, 0) is 24.6 Å². The minimum atomic E-state index is -4.05. The van der Waals surface area contributed by atoms with Crippen molar-refractivity contribution in [2.24, 2.45) is 0 Å². The van der Waals surface area contributed by atoms with Crippen LogP contribution in [0.25, 0.3) is 4.96 Å². The SMILES string of the molecule is Cc1ccc(F)c(NS(=O)(=O)c2c(Cl)nc3sccn23)c1. The van der Waals surface area contributed by atoms with Crippen molar-refractivity contribution in [2.75, 3.05) is 4.72 Å². The van der Waals surface area contributed by atoms with Gasteiger partial charge in [0.15, 0.2) is 15.1 Å². The third kappa shape index (κ3) is 2.50. The second-order valence-electron chi connectivity index (χ2n) is 4.35. The molecule has 0 amide bonds. The van der Waals surface area contributed by atoms with Gasteiger partial charge >= 0.3 is 0 Å². The van der Waals surface area contributed by atoms with Gasteiger partial charge in [-0.3, -0.25) is 9.12 Å². The number of anilines is 1. The Hall–Kier alpha value is -1.64. The van der Waals surface area contributed by atoms with Crippen LogP contribution in [0.5, 0.6) is 0 Å². The van der Waals surface area contributed by atoms with Crippen LogP contribution in [0.15, 0.2) is 34.8 Å². The predicted octanol–water partition coefficient (Wildman–Crippen LogP) is 3.30. The maximum Gasteiger partial charge on any atom is 0.281 e. The molecule has 0 aliphatic carbocycles. The number of nitrogens with one attached hydrogen (secondary N) is 1. The Balaban J connectivity index is 2.10. The standard InChI is InChI=1S/C12H9ClFN3O2S2/c1-7-2-3-8(14)9(6-7)16-21(18,19)11-10(13)15-12-17(11)4-5-20-12/h2-6,16H,1H3. The monoisotopic (exact) mass is 345 g/mol. The van der Waals surface area contributed by atoms with Crippen molar-refractivity contribution >= 4 is 43.6 Å². The maximum absolute atomic E-state index is 13.7. The van der Waals surface area contributed by atoms with Crippen molar-refractivity contribution in [3.05, 3.63) is 46.3 Å². The number of imidazole rings is 1. The number of thiazole rings is 1. The highest BCUT2D eigenvalue weighted by atomic mass is 35.5. The van der Waals surface area contributed by atoms with Crippen LogP contribution in [0.4, 0.5) is 10.1 Å². The molecule has 5 nitrogen and oxygen atoms in total. The number of hydrogen-bond acceptors (Lipinski definition) is 4. The van der Waals surface area contributed by atoms with Crippen molar-refractivity contribution in [1.29, 1.82) is 0 Å². The second kappa shape index (κ2) is 4.97. The minimum absolute atomic E-state index is 0.128. The van der Waals surface area contributed by atoms with Gasteiger partial charge in [0.1, 0.15) is 5.82 Å². The van der Waals surface area contributed by atoms with Crippen molar-refractivity contribution < 1.29 is 12.8 Å². The summed E-state index contributed by atoms with van der Waals surface area (Å²) in [6.45, 7) is 1.74. The largest absolute Gasteiger partial charge is 0.281 e. The summed E-state index contributed by atoms with van der Waals surface area (Å²) in [7, 11) is -4.05. The van der Waals surface area contributed by atoms with E-state index in [4.69, 9.17) is 11.6 Å². The van der Waals surface area contributed by atoms with Crippen molar-refractivity contribution in [3.8, 4) is 0 Å². The Morgan fingerprint density at radius 3 is 2.95 bits per heavy atom. The van der Waals surface area contributed by atoms with Crippen LogP contribution in [0.3, 0.4) is 0 Å². The Morgan fingerprint density at radius 2 is 2.19 bits per heavy atom. The number of rotatable bonds is 3. The summed E-state index contributed by atoms with van der Waals surface area (Å²) in [5.41, 5.74) is 0.602. The van der Waals surface area contributed by atoms with Gasteiger partial charge in [0.05, 0.1) is 5.69 Å². The summed E-state index contributed by atoms with van der Waals surface area (Å²) < 4.78 is 42.2. The van der Waals surface area contributed by atoms with Gasteiger partial charge in [-0.1, -0.05) is 17.7 Å². The third-order valence-corrected chi connectivity index (χ3v) is 5.32. The molecule has 9 heteroatoms. The summed E-state index contributed by atoms with van der Waals surface area (Å²) in [5, 5.41) is 1.33. The number of hydrogen-bond donors (Lipinski definition) is 1. The average molecular weight is 346 g/mol. The van der Waals surface area contributed by atoms with E-state index in [0.29, 0.717) is 4.96 Å². The Bertz CT molecular complexity index is 933. The molecule has 1 aromatic carbocycles. The molecule has 0 atom stereocenters. The maximum atomic E-state index is 13.7. The number of nitrogens with zero attached hydrogens (tertiary/aromatic N) is 2. The molecule has 0 fully saturated rings. The zero-order valence-corrected chi connectivity index (χ0v) is 13.1. The van der Waals surface area contributed by atoms with E-state index >= 15 is 0 Å². The van der Waals surface area contributed by atoms with E-state index in [0.717, 1.165) is 5.56 Å². The van der Waals surface area contributed by atoms with Gasteiger partial charge in [0.2, 0.25) is 0 Å². The van der Waals surface area contributed by atoms with E-state index in [1.807, 2.05) is 0 Å². The van der Waals surface area contributed by atoms with E-state index in [2.05, 4.69) is 9.71 Å². The fourth-order valence-corrected chi connectivity index (χ4v) is 4.40. The lowest BCUT2D eigenvalue weighted by molar-refractivity contribution is 0.594. The summed E-state index contributed by atoms with van der Waals surface area (Å²) >= 11 is 7.14. The zero-order valence-electron chi connectivity index (χ0n) is 10.7. The molecule has 0 saturated heterocycles. The molecular formula is C12H9ClFN3O2S2. The average Bonchev–Trinajstić information content (AvgIpc) is 2.92. The normalized spacial score (nSPS) is 12.0. The van der Waals surface area contributed by atoms with Crippen LogP contribution in [0, 0.1) is 12.7 Å². The molecule has 2 aromatic heterocycles. The van der Waals surface area contributed by atoms with E-state index in [9.17, 15) is 12.8 Å². The first kappa shape index (κ1) is 14.3. The summed E-state index contributed by atoms with van der Waals surface area (Å²) in [6, 6.07) is 4.16. The summed E-state index contributed by atoms with van der Waals surface area (Å²) in [5.74, 6) is -0.661. The molecule has 1 N–H and O–H groups in total. The minimum Gasteiger partial charge on any atom is -0.278 e. The topological polar surface area (TPSA) is 63.5 Å². The Labute approximate surface area is 129 Å². The van der Waals surface area contributed by atoms with Crippen molar-refractivity contribution in [3.63, 3.8) is 0 Å². The molecule has 0 radical (unpaired) electrons. The van der Waals surface area contributed by atoms with Crippen LogP contribution in [-0.2, 0) is 10.0 Å². The smallest absolute Gasteiger partial charge is 0.278 e.